The molecule has 162 valence electrons. The van der Waals surface area contributed by atoms with E-state index in [2.05, 4.69) is 50.4 Å². The van der Waals surface area contributed by atoms with Crippen molar-refractivity contribution in [2.45, 2.75) is 18.8 Å². The van der Waals surface area contributed by atoms with Gasteiger partial charge in [0.2, 0.25) is 0 Å². The molecule has 3 heterocycles. The lowest BCUT2D eigenvalue weighted by atomic mass is 9.95. The first-order valence-electron chi connectivity index (χ1n) is 11.3. The van der Waals surface area contributed by atoms with E-state index in [4.69, 9.17) is 14.1 Å². The highest BCUT2D eigenvalue weighted by Crippen LogP contribution is 2.45. The molecule has 1 aliphatic carbocycles. The minimum atomic E-state index is 0.659. The molecular formula is C24H28N4O3. The topological polar surface area (TPSA) is 63.9 Å². The predicted molar refractivity (Wildman–Crippen MR) is 119 cm³/mol. The van der Waals surface area contributed by atoms with Gasteiger partial charge in [0.1, 0.15) is 11.3 Å². The van der Waals surface area contributed by atoms with Crippen molar-refractivity contribution in [1.82, 2.24) is 15.2 Å². The predicted octanol–water partition coefficient (Wildman–Crippen LogP) is 3.54. The number of methoxy groups -OCH3 is 1. The summed E-state index contributed by atoms with van der Waals surface area (Å²) in [6, 6.07) is 10.9. The summed E-state index contributed by atoms with van der Waals surface area (Å²) < 4.78 is 16.3. The molecular weight excluding hydrogens is 392 g/mol. The number of fused-ring (bicyclic) bond motifs is 1. The van der Waals surface area contributed by atoms with Crippen molar-refractivity contribution in [2.24, 2.45) is 5.92 Å². The fraction of sp³-hybridized carbons (Fsp3) is 0.500. The fourth-order valence-electron chi connectivity index (χ4n) is 4.93. The Kier molecular flexibility index (Phi) is 4.80. The number of morpholine rings is 1. The van der Waals surface area contributed by atoms with Crippen LogP contribution in [0.25, 0.3) is 22.2 Å². The second-order valence-electron chi connectivity index (χ2n) is 9.04. The van der Waals surface area contributed by atoms with Crippen LogP contribution in [0.2, 0.25) is 0 Å². The zero-order valence-electron chi connectivity index (χ0n) is 17.9. The lowest BCUT2D eigenvalue weighted by molar-refractivity contribution is 0.0286. The van der Waals surface area contributed by atoms with Crippen molar-refractivity contribution in [2.75, 3.05) is 57.9 Å². The zero-order chi connectivity index (χ0) is 20.8. The Morgan fingerprint density at radius 3 is 2.65 bits per heavy atom. The van der Waals surface area contributed by atoms with Crippen LogP contribution in [0.4, 0.5) is 5.69 Å². The van der Waals surface area contributed by atoms with Crippen LogP contribution in [0.1, 0.15) is 24.3 Å². The molecule has 0 atom stereocenters. The normalized spacial score (nSPS) is 20.2. The number of nitrogens with zero attached hydrogens (tertiary/aromatic N) is 4. The maximum atomic E-state index is 5.71. The second kappa shape index (κ2) is 7.80. The molecule has 1 aromatic heterocycles. The maximum Gasteiger partial charge on any atom is 0.158 e. The molecule has 0 unspecified atom stereocenters. The van der Waals surface area contributed by atoms with Crippen molar-refractivity contribution >= 4 is 16.7 Å². The third-order valence-electron chi connectivity index (χ3n) is 6.84. The number of ether oxygens (including phenoxy) is 2. The smallest absolute Gasteiger partial charge is 0.158 e. The third-order valence-corrected chi connectivity index (χ3v) is 6.84. The van der Waals surface area contributed by atoms with E-state index in [1.807, 2.05) is 0 Å². The van der Waals surface area contributed by atoms with Gasteiger partial charge in [0.15, 0.2) is 5.52 Å². The summed E-state index contributed by atoms with van der Waals surface area (Å²) in [5.74, 6) is 2.32. The van der Waals surface area contributed by atoms with E-state index in [0.29, 0.717) is 11.8 Å². The van der Waals surface area contributed by atoms with Gasteiger partial charge in [-0.25, -0.2) is 4.63 Å². The summed E-state index contributed by atoms with van der Waals surface area (Å²) in [6.07, 6.45) is 2.52. The minimum absolute atomic E-state index is 0.659. The van der Waals surface area contributed by atoms with Crippen molar-refractivity contribution in [3.63, 3.8) is 0 Å². The van der Waals surface area contributed by atoms with E-state index in [0.717, 1.165) is 79.5 Å². The van der Waals surface area contributed by atoms with Gasteiger partial charge in [-0.3, -0.25) is 4.90 Å². The van der Waals surface area contributed by atoms with Gasteiger partial charge in [-0.05, 0) is 64.0 Å². The fourth-order valence-corrected chi connectivity index (χ4v) is 4.93. The second-order valence-corrected chi connectivity index (χ2v) is 9.04. The van der Waals surface area contributed by atoms with Crippen LogP contribution < -0.4 is 9.64 Å². The number of hydrogen-bond acceptors (Lipinski definition) is 7. The monoisotopic (exact) mass is 420 g/mol. The highest BCUT2D eigenvalue weighted by Gasteiger charge is 2.31. The lowest BCUT2D eigenvalue weighted by Gasteiger charge is -2.43. The van der Waals surface area contributed by atoms with Crippen molar-refractivity contribution in [1.29, 1.82) is 0 Å². The number of rotatable bonds is 6. The van der Waals surface area contributed by atoms with Gasteiger partial charge in [-0.15, -0.1) is 0 Å². The molecule has 3 aliphatic rings. The molecule has 0 N–H and O–H groups in total. The molecule has 2 aromatic carbocycles. The summed E-state index contributed by atoms with van der Waals surface area (Å²) in [5, 5.41) is 8.35. The van der Waals surface area contributed by atoms with Crippen LogP contribution in [-0.4, -0.2) is 68.3 Å². The first-order valence-corrected chi connectivity index (χ1v) is 11.3. The summed E-state index contributed by atoms with van der Waals surface area (Å²) in [5.41, 5.74) is 6.33. The molecule has 2 saturated heterocycles. The van der Waals surface area contributed by atoms with Crippen LogP contribution >= 0.6 is 0 Å². The van der Waals surface area contributed by atoms with Crippen LogP contribution in [0, 0.1) is 5.92 Å². The van der Waals surface area contributed by atoms with Gasteiger partial charge in [0, 0.05) is 38.6 Å². The van der Waals surface area contributed by atoms with Gasteiger partial charge in [-0.1, -0.05) is 12.1 Å². The minimum Gasteiger partial charge on any atom is -0.496 e. The number of hydrogen-bond donors (Lipinski definition) is 0. The van der Waals surface area contributed by atoms with Crippen LogP contribution in [0.15, 0.2) is 35.0 Å². The Morgan fingerprint density at radius 2 is 1.87 bits per heavy atom. The first kappa shape index (κ1) is 19.1. The Morgan fingerprint density at radius 1 is 1.03 bits per heavy atom. The molecule has 0 spiro atoms. The van der Waals surface area contributed by atoms with E-state index in [-0.39, 0.29) is 0 Å². The standard InChI is InChI=1S/C24H28N4O3/c1-29-23-12-18(4-5-20(23)17-2-3-17)19-10-21-24(26-31-25-21)22(11-19)28-14-16(15-28)13-27-6-8-30-9-7-27/h4-5,10-12,16-17H,2-3,6-9,13-15H2,1H3. The summed E-state index contributed by atoms with van der Waals surface area (Å²) in [4.78, 5) is 4.92. The molecule has 1 saturated carbocycles. The summed E-state index contributed by atoms with van der Waals surface area (Å²) in [6.45, 7) is 7.00. The summed E-state index contributed by atoms with van der Waals surface area (Å²) in [7, 11) is 1.76. The molecule has 6 rings (SSSR count). The quantitative estimate of drug-likeness (QED) is 0.604. The largest absolute Gasteiger partial charge is 0.496 e. The average Bonchev–Trinajstić information content (AvgIpc) is 3.52. The molecule has 31 heavy (non-hydrogen) atoms. The number of benzene rings is 2. The van der Waals surface area contributed by atoms with Crippen LogP contribution in [0.3, 0.4) is 0 Å². The van der Waals surface area contributed by atoms with E-state index in [1.165, 1.54) is 18.4 Å². The zero-order valence-corrected chi connectivity index (χ0v) is 17.9. The average molecular weight is 421 g/mol. The highest BCUT2D eigenvalue weighted by molar-refractivity contribution is 5.93. The molecule has 0 radical (unpaired) electrons. The summed E-state index contributed by atoms with van der Waals surface area (Å²) >= 11 is 0. The Bertz CT molecular complexity index is 1080. The SMILES string of the molecule is COc1cc(-c2cc(N3CC(CN4CCOCC4)C3)c3nonc3c2)ccc1C1CC1. The molecule has 3 fully saturated rings. The molecule has 7 heteroatoms. The third kappa shape index (κ3) is 3.66. The first-order chi connectivity index (χ1) is 15.3. The Hall–Kier alpha value is -2.64. The Balaban J connectivity index is 1.26. The van der Waals surface area contributed by atoms with Crippen LogP contribution in [0.5, 0.6) is 5.75 Å². The maximum absolute atomic E-state index is 5.71. The number of anilines is 1. The van der Waals surface area contributed by atoms with E-state index in [1.54, 1.807) is 7.11 Å². The van der Waals surface area contributed by atoms with Crippen molar-refractivity contribution in [3.05, 3.63) is 35.9 Å². The van der Waals surface area contributed by atoms with Gasteiger partial charge in [0.05, 0.1) is 26.0 Å². The molecule has 2 aliphatic heterocycles. The van der Waals surface area contributed by atoms with E-state index >= 15 is 0 Å². The van der Waals surface area contributed by atoms with Crippen LogP contribution in [-0.2, 0) is 4.74 Å². The number of aromatic nitrogens is 2. The Labute approximate surface area is 181 Å². The van der Waals surface area contributed by atoms with Gasteiger partial charge in [0.25, 0.3) is 0 Å². The van der Waals surface area contributed by atoms with Crippen molar-refractivity contribution in [3.8, 4) is 16.9 Å². The lowest BCUT2D eigenvalue weighted by Crippen LogP contribution is -2.53. The van der Waals surface area contributed by atoms with E-state index in [9.17, 15) is 0 Å². The molecule has 7 nitrogen and oxygen atoms in total. The molecule has 0 amide bonds. The van der Waals surface area contributed by atoms with E-state index < -0.39 is 0 Å². The highest BCUT2D eigenvalue weighted by atomic mass is 16.6. The molecule has 3 aromatic rings. The van der Waals surface area contributed by atoms with Gasteiger partial charge >= 0.3 is 0 Å². The van der Waals surface area contributed by atoms with Gasteiger partial charge < -0.3 is 14.4 Å². The van der Waals surface area contributed by atoms with Gasteiger partial charge in [-0.2, -0.15) is 0 Å². The van der Waals surface area contributed by atoms with Crippen molar-refractivity contribution < 1.29 is 14.1 Å². The molecule has 0 bridgehead atoms.